The molecule has 0 saturated heterocycles. The number of nitrogens with two attached hydrogens (primary N) is 1. The Morgan fingerprint density at radius 1 is 1.50 bits per heavy atom. The zero-order valence-corrected chi connectivity index (χ0v) is 8.93. The molecule has 0 aliphatic rings. The normalized spacial score (nSPS) is 9.79. The van der Waals surface area contributed by atoms with Crippen molar-refractivity contribution in [2.75, 3.05) is 19.0 Å². The number of thiocarbonyl (C=S) groups is 1. The minimum Gasteiger partial charge on any atom is -0.384 e. The fraction of sp³-hybridized carbons (Fsp3) is 0.300. The van der Waals surface area contributed by atoms with Gasteiger partial charge >= 0.3 is 0 Å². The van der Waals surface area contributed by atoms with Gasteiger partial charge in [0, 0.05) is 12.8 Å². The van der Waals surface area contributed by atoms with Crippen molar-refractivity contribution in [2.24, 2.45) is 5.73 Å². The number of methoxy groups -OCH3 is 1. The minimum absolute atomic E-state index is 0.287. The van der Waals surface area contributed by atoms with Crippen molar-refractivity contribution in [3.05, 3.63) is 29.8 Å². The molecule has 76 valence electrons. The van der Waals surface area contributed by atoms with Gasteiger partial charge in [0.05, 0.1) is 6.61 Å². The molecular weight excluding hydrogens is 196 g/mol. The van der Waals surface area contributed by atoms with Crippen LogP contribution in [0.2, 0.25) is 0 Å². The predicted molar refractivity (Wildman–Crippen MR) is 62.4 cm³/mol. The summed E-state index contributed by atoms with van der Waals surface area (Å²) in [5, 5.41) is 3.22. The van der Waals surface area contributed by atoms with Crippen LogP contribution in [0.3, 0.4) is 0 Å². The number of hydrogen-bond donors (Lipinski definition) is 2. The smallest absolute Gasteiger partial charge is 0.168 e. The van der Waals surface area contributed by atoms with E-state index in [2.05, 4.69) is 5.32 Å². The Bertz CT molecular complexity index is 315. The molecule has 0 atom stereocenters. The van der Waals surface area contributed by atoms with Gasteiger partial charge in [-0.1, -0.05) is 18.2 Å². The molecule has 0 aliphatic carbocycles. The van der Waals surface area contributed by atoms with Crippen LogP contribution in [0.4, 0.5) is 5.69 Å². The first-order valence-corrected chi connectivity index (χ1v) is 4.78. The summed E-state index contributed by atoms with van der Waals surface area (Å²) in [5.74, 6) is 0. The molecule has 14 heavy (non-hydrogen) atoms. The highest BCUT2D eigenvalue weighted by atomic mass is 32.1. The maximum atomic E-state index is 5.41. The van der Waals surface area contributed by atoms with Gasteiger partial charge in [-0.3, -0.25) is 0 Å². The van der Waals surface area contributed by atoms with E-state index in [0.29, 0.717) is 6.61 Å². The van der Waals surface area contributed by atoms with Gasteiger partial charge in [-0.15, -0.1) is 0 Å². The Kier molecular flexibility index (Phi) is 4.35. The summed E-state index contributed by atoms with van der Waals surface area (Å²) in [7, 11) is 1.68. The molecule has 0 radical (unpaired) electrons. The topological polar surface area (TPSA) is 47.3 Å². The van der Waals surface area contributed by atoms with E-state index in [4.69, 9.17) is 22.7 Å². The van der Waals surface area contributed by atoms with Crippen LogP contribution in [-0.2, 0) is 11.2 Å². The Labute approximate surface area is 89.3 Å². The molecule has 0 saturated carbocycles. The summed E-state index contributed by atoms with van der Waals surface area (Å²) >= 11 is 4.79. The molecule has 4 heteroatoms. The van der Waals surface area contributed by atoms with Crippen molar-refractivity contribution in [3.63, 3.8) is 0 Å². The number of nitrogens with one attached hydrogen (secondary N) is 1. The van der Waals surface area contributed by atoms with E-state index < -0.39 is 0 Å². The van der Waals surface area contributed by atoms with Crippen molar-refractivity contribution in [2.45, 2.75) is 6.42 Å². The van der Waals surface area contributed by atoms with Crippen LogP contribution >= 0.6 is 12.2 Å². The van der Waals surface area contributed by atoms with E-state index in [0.717, 1.165) is 17.7 Å². The largest absolute Gasteiger partial charge is 0.384 e. The van der Waals surface area contributed by atoms with E-state index in [1.54, 1.807) is 7.11 Å². The molecule has 0 amide bonds. The quantitative estimate of drug-likeness (QED) is 0.740. The van der Waals surface area contributed by atoms with Crippen LogP contribution in [-0.4, -0.2) is 18.8 Å². The average molecular weight is 210 g/mol. The summed E-state index contributed by atoms with van der Waals surface area (Å²) in [6, 6.07) is 7.90. The van der Waals surface area contributed by atoms with Gasteiger partial charge in [-0.25, -0.2) is 0 Å². The number of benzene rings is 1. The molecule has 0 bridgehead atoms. The second kappa shape index (κ2) is 5.57. The highest BCUT2D eigenvalue weighted by Gasteiger charge is 2.00. The fourth-order valence-electron chi connectivity index (χ4n) is 1.21. The zero-order valence-electron chi connectivity index (χ0n) is 8.12. The monoisotopic (exact) mass is 210 g/mol. The fourth-order valence-corrected chi connectivity index (χ4v) is 1.31. The van der Waals surface area contributed by atoms with Crippen LogP contribution in [0.1, 0.15) is 5.56 Å². The third kappa shape index (κ3) is 3.32. The first-order chi connectivity index (χ1) is 6.74. The van der Waals surface area contributed by atoms with Crippen LogP contribution in [0.25, 0.3) is 0 Å². The lowest BCUT2D eigenvalue weighted by Crippen LogP contribution is -2.20. The molecule has 3 N–H and O–H groups in total. The Morgan fingerprint density at radius 2 is 2.21 bits per heavy atom. The molecule has 1 rings (SSSR count). The van der Waals surface area contributed by atoms with Gasteiger partial charge in [0.15, 0.2) is 5.11 Å². The van der Waals surface area contributed by atoms with Crippen LogP contribution in [0.5, 0.6) is 0 Å². The maximum absolute atomic E-state index is 5.41. The Balaban J connectivity index is 2.74. The molecule has 1 aromatic carbocycles. The van der Waals surface area contributed by atoms with E-state index in [9.17, 15) is 0 Å². The lowest BCUT2D eigenvalue weighted by molar-refractivity contribution is 0.202. The van der Waals surface area contributed by atoms with Gasteiger partial charge in [0.2, 0.25) is 0 Å². The lowest BCUT2D eigenvalue weighted by atomic mass is 10.1. The molecule has 0 unspecified atom stereocenters. The van der Waals surface area contributed by atoms with Gasteiger partial charge in [0.25, 0.3) is 0 Å². The van der Waals surface area contributed by atoms with E-state index in [1.165, 1.54) is 0 Å². The molecule has 0 heterocycles. The second-order valence-corrected chi connectivity index (χ2v) is 3.33. The van der Waals surface area contributed by atoms with Gasteiger partial charge in [-0.05, 0) is 30.3 Å². The molecule has 0 spiro atoms. The van der Waals surface area contributed by atoms with E-state index in [-0.39, 0.29) is 5.11 Å². The van der Waals surface area contributed by atoms with Crippen molar-refractivity contribution in [3.8, 4) is 0 Å². The van der Waals surface area contributed by atoms with Crippen molar-refractivity contribution in [1.82, 2.24) is 0 Å². The molecule has 1 aromatic rings. The zero-order chi connectivity index (χ0) is 10.4. The van der Waals surface area contributed by atoms with Gasteiger partial charge in [-0.2, -0.15) is 0 Å². The lowest BCUT2D eigenvalue weighted by Gasteiger charge is -2.09. The highest BCUT2D eigenvalue weighted by Crippen LogP contribution is 2.15. The number of ether oxygens (including phenoxy) is 1. The van der Waals surface area contributed by atoms with E-state index in [1.807, 2.05) is 24.3 Å². The summed E-state index contributed by atoms with van der Waals surface area (Å²) in [5.41, 5.74) is 7.52. The summed E-state index contributed by atoms with van der Waals surface area (Å²) in [4.78, 5) is 0. The summed E-state index contributed by atoms with van der Waals surface area (Å²) in [6.07, 6.45) is 0.849. The van der Waals surface area contributed by atoms with Crippen molar-refractivity contribution < 1.29 is 4.74 Å². The van der Waals surface area contributed by atoms with Crippen LogP contribution in [0.15, 0.2) is 24.3 Å². The van der Waals surface area contributed by atoms with Crippen molar-refractivity contribution >= 4 is 23.0 Å². The predicted octanol–water partition coefficient (Wildman–Crippen LogP) is 1.53. The Morgan fingerprint density at radius 3 is 2.86 bits per heavy atom. The molecule has 0 aliphatic heterocycles. The minimum atomic E-state index is 0.287. The third-order valence-corrected chi connectivity index (χ3v) is 1.95. The summed E-state index contributed by atoms with van der Waals surface area (Å²) < 4.78 is 5.01. The molecular formula is C10H14N2OS. The SMILES string of the molecule is COCCc1ccccc1NC(N)=S. The van der Waals surface area contributed by atoms with E-state index >= 15 is 0 Å². The average Bonchev–Trinajstić information content (AvgIpc) is 2.16. The highest BCUT2D eigenvalue weighted by molar-refractivity contribution is 7.80. The van der Waals surface area contributed by atoms with Gasteiger partial charge < -0.3 is 15.8 Å². The second-order valence-electron chi connectivity index (χ2n) is 2.89. The third-order valence-electron chi connectivity index (χ3n) is 1.85. The van der Waals surface area contributed by atoms with Crippen molar-refractivity contribution in [1.29, 1.82) is 0 Å². The molecule has 0 aromatic heterocycles. The maximum Gasteiger partial charge on any atom is 0.168 e. The number of anilines is 1. The Hall–Kier alpha value is -1.13. The first kappa shape index (κ1) is 10.9. The standard InChI is InChI=1S/C10H14N2OS/c1-13-7-6-8-4-2-3-5-9(8)12-10(11)14/h2-5H,6-7H2,1H3,(H3,11,12,14). The van der Waals surface area contributed by atoms with Gasteiger partial charge in [0.1, 0.15) is 0 Å². The first-order valence-electron chi connectivity index (χ1n) is 4.37. The number of hydrogen-bond acceptors (Lipinski definition) is 2. The molecule has 3 nitrogen and oxygen atoms in total. The molecule has 0 fully saturated rings. The van der Waals surface area contributed by atoms with Crippen LogP contribution < -0.4 is 11.1 Å². The number of rotatable bonds is 4. The number of para-hydroxylation sites is 1. The summed E-state index contributed by atoms with van der Waals surface area (Å²) in [6.45, 7) is 0.691. The van der Waals surface area contributed by atoms with Crippen LogP contribution in [0, 0.1) is 0 Å².